The average molecular weight is 624 g/mol. The Labute approximate surface area is 249 Å². The van der Waals surface area contributed by atoms with Gasteiger partial charge in [-0.3, -0.25) is 13.9 Å². The molecule has 0 bridgehead atoms. The summed E-state index contributed by atoms with van der Waals surface area (Å²) in [7, 11) is -4.53. The van der Waals surface area contributed by atoms with Crippen LogP contribution in [-0.4, -0.2) is 44.3 Å². The molecule has 0 aliphatic heterocycles. The lowest BCUT2D eigenvalue weighted by Crippen LogP contribution is -2.51. The number of carbonyl (C=O) groups is 2. The van der Waals surface area contributed by atoms with Crippen LogP contribution in [0.25, 0.3) is 0 Å². The fourth-order valence-corrected chi connectivity index (χ4v) is 5.88. The maximum atomic E-state index is 13.9. The highest BCUT2D eigenvalue weighted by Gasteiger charge is 2.37. The van der Waals surface area contributed by atoms with Gasteiger partial charge < -0.3 is 10.2 Å². The first-order chi connectivity index (χ1) is 19.8. The number of carbonyl (C=O) groups excluding carboxylic acids is 2. The van der Waals surface area contributed by atoms with Crippen molar-refractivity contribution in [2.75, 3.05) is 17.4 Å². The van der Waals surface area contributed by atoms with Gasteiger partial charge >= 0.3 is 6.18 Å². The number of sulfonamides is 1. The van der Waals surface area contributed by atoms with E-state index in [0.29, 0.717) is 16.9 Å². The zero-order valence-corrected chi connectivity index (χ0v) is 25.1. The number of rotatable bonds is 12. The first kappa shape index (κ1) is 32.9. The van der Waals surface area contributed by atoms with Crippen LogP contribution in [0.4, 0.5) is 18.9 Å². The first-order valence-electron chi connectivity index (χ1n) is 13.3. The van der Waals surface area contributed by atoms with Crippen molar-refractivity contribution < 1.29 is 31.2 Å². The lowest BCUT2D eigenvalue weighted by Gasteiger charge is -2.32. The SMILES string of the molecule is CCCCNC(=O)[C@H](C)N(Cc1ccccc1C)C(=O)CN(c1ccc(Cl)c(C(F)(F)F)c1)S(=O)(=O)c1ccccc1. The largest absolute Gasteiger partial charge is 0.417 e. The maximum Gasteiger partial charge on any atom is 0.417 e. The first-order valence-corrected chi connectivity index (χ1v) is 15.1. The molecule has 0 unspecified atom stereocenters. The van der Waals surface area contributed by atoms with Gasteiger partial charge in [-0.1, -0.05) is 67.4 Å². The van der Waals surface area contributed by atoms with E-state index in [0.717, 1.165) is 36.1 Å². The molecule has 1 N–H and O–H groups in total. The van der Waals surface area contributed by atoms with Crippen molar-refractivity contribution in [2.45, 2.75) is 57.3 Å². The molecule has 3 aromatic rings. The van der Waals surface area contributed by atoms with Crippen LogP contribution in [0.5, 0.6) is 0 Å². The summed E-state index contributed by atoms with van der Waals surface area (Å²) in [5, 5.41) is 2.17. The lowest BCUT2D eigenvalue weighted by molar-refractivity contribution is -0.139. The van der Waals surface area contributed by atoms with Gasteiger partial charge in [-0.15, -0.1) is 0 Å². The van der Waals surface area contributed by atoms with Crippen molar-refractivity contribution in [1.29, 1.82) is 0 Å². The number of nitrogens with one attached hydrogen (secondary N) is 1. The van der Waals surface area contributed by atoms with E-state index in [9.17, 15) is 31.2 Å². The molecule has 0 heterocycles. The van der Waals surface area contributed by atoms with Crippen LogP contribution in [-0.2, 0) is 32.3 Å². The highest BCUT2D eigenvalue weighted by molar-refractivity contribution is 7.92. The summed E-state index contributed by atoms with van der Waals surface area (Å²) in [6.45, 7) is 4.83. The molecule has 7 nitrogen and oxygen atoms in total. The fourth-order valence-electron chi connectivity index (χ4n) is 4.22. The van der Waals surface area contributed by atoms with E-state index in [2.05, 4.69) is 5.32 Å². The van der Waals surface area contributed by atoms with Crippen LogP contribution in [0.1, 0.15) is 43.4 Å². The van der Waals surface area contributed by atoms with Crippen LogP contribution in [0.3, 0.4) is 0 Å². The normalized spacial score (nSPS) is 12.5. The highest BCUT2D eigenvalue weighted by atomic mass is 35.5. The number of benzene rings is 3. The van der Waals surface area contributed by atoms with Gasteiger partial charge in [0, 0.05) is 13.1 Å². The predicted octanol–water partition coefficient (Wildman–Crippen LogP) is 6.20. The van der Waals surface area contributed by atoms with Crippen molar-refractivity contribution in [2.24, 2.45) is 0 Å². The molecular weight excluding hydrogens is 591 g/mol. The standard InChI is InChI=1S/C30H33ClF3N3O4S/c1-4-5-17-35-29(39)22(3)36(19-23-12-10-9-11-21(23)2)28(38)20-37(42(40,41)25-13-7-6-8-14-25)24-15-16-27(31)26(18-24)30(32,33)34/h6-16,18,22H,4-5,17,19-20H2,1-3H3,(H,35,39)/t22-/m0/s1. The zero-order valence-electron chi connectivity index (χ0n) is 23.5. The third-order valence-electron chi connectivity index (χ3n) is 6.75. The Morgan fingerprint density at radius 1 is 1.00 bits per heavy atom. The molecule has 0 aliphatic rings. The quantitative estimate of drug-likeness (QED) is 0.244. The van der Waals surface area contributed by atoms with Gasteiger partial charge in [0.25, 0.3) is 10.0 Å². The highest BCUT2D eigenvalue weighted by Crippen LogP contribution is 2.38. The summed E-state index contributed by atoms with van der Waals surface area (Å²) in [4.78, 5) is 28.0. The van der Waals surface area contributed by atoms with E-state index in [4.69, 9.17) is 11.6 Å². The van der Waals surface area contributed by atoms with E-state index >= 15 is 0 Å². The van der Waals surface area contributed by atoms with Gasteiger partial charge in [-0.2, -0.15) is 13.2 Å². The van der Waals surface area contributed by atoms with Gasteiger partial charge in [-0.25, -0.2) is 8.42 Å². The Morgan fingerprint density at radius 2 is 1.64 bits per heavy atom. The van der Waals surface area contributed by atoms with E-state index in [-0.39, 0.29) is 11.4 Å². The second-order valence-corrected chi connectivity index (χ2v) is 12.0. The number of hydrogen-bond donors (Lipinski definition) is 1. The number of anilines is 1. The maximum absolute atomic E-state index is 13.9. The van der Waals surface area contributed by atoms with Crippen molar-refractivity contribution in [3.05, 3.63) is 94.5 Å². The Kier molecular flexibility index (Phi) is 11.0. The van der Waals surface area contributed by atoms with Crippen molar-refractivity contribution in [3.8, 4) is 0 Å². The average Bonchev–Trinajstić information content (AvgIpc) is 2.95. The second-order valence-electron chi connectivity index (χ2n) is 9.76. The van der Waals surface area contributed by atoms with Crippen molar-refractivity contribution in [1.82, 2.24) is 10.2 Å². The summed E-state index contributed by atoms with van der Waals surface area (Å²) in [5.41, 5.74) is -0.0832. The third-order valence-corrected chi connectivity index (χ3v) is 8.87. The van der Waals surface area contributed by atoms with Gasteiger partial charge in [-0.05, 0) is 61.7 Å². The zero-order chi connectivity index (χ0) is 31.1. The summed E-state index contributed by atoms with van der Waals surface area (Å²) >= 11 is 5.80. The Balaban J connectivity index is 2.09. The van der Waals surface area contributed by atoms with Crippen molar-refractivity contribution >= 4 is 39.1 Å². The van der Waals surface area contributed by atoms with E-state index in [1.54, 1.807) is 18.2 Å². The molecule has 3 aromatic carbocycles. The predicted molar refractivity (Wildman–Crippen MR) is 157 cm³/mol. The number of unbranched alkanes of at least 4 members (excludes halogenated alkanes) is 1. The molecule has 1 atom stereocenters. The van der Waals surface area contributed by atoms with Crippen LogP contribution < -0.4 is 9.62 Å². The van der Waals surface area contributed by atoms with E-state index < -0.39 is 56.9 Å². The monoisotopic (exact) mass is 623 g/mol. The molecule has 0 spiro atoms. The molecule has 226 valence electrons. The minimum atomic E-state index is -4.87. The van der Waals surface area contributed by atoms with Gasteiger partial charge in [0.15, 0.2) is 0 Å². The molecule has 0 aromatic heterocycles. The summed E-state index contributed by atoms with van der Waals surface area (Å²) in [6, 6.07) is 15.9. The molecule has 3 rings (SSSR count). The fraction of sp³-hybridized carbons (Fsp3) is 0.333. The van der Waals surface area contributed by atoms with Crippen LogP contribution in [0.2, 0.25) is 5.02 Å². The molecule has 12 heteroatoms. The molecule has 2 amide bonds. The van der Waals surface area contributed by atoms with Crippen LogP contribution in [0, 0.1) is 6.92 Å². The number of alkyl halides is 3. The lowest BCUT2D eigenvalue weighted by atomic mass is 10.1. The smallest absolute Gasteiger partial charge is 0.354 e. The Bertz CT molecular complexity index is 1500. The molecule has 0 aliphatic carbocycles. The number of aryl methyl sites for hydroxylation is 1. The molecule has 0 fully saturated rings. The van der Waals surface area contributed by atoms with Crippen LogP contribution >= 0.6 is 11.6 Å². The van der Waals surface area contributed by atoms with E-state index in [1.807, 2.05) is 26.0 Å². The topological polar surface area (TPSA) is 86.8 Å². The Morgan fingerprint density at radius 3 is 2.26 bits per heavy atom. The molecule has 0 saturated carbocycles. The summed E-state index contributed by atoms with van der Waals surface area (Å²) in [5.74, 6) is -1.21. The number of nitrogens with zero attached hydrogens (tertiary/aromatic N) is 2. The number of amides is 2. The van der Waals surface area contributed by atoms with Crippen LogP contribution in [0.15, 0.2) is 77.7 Å². The third kappa shape index (κ3) is 8.04. The Hall–Kier alpha value is -3.57. The minimum Gasteiger partial charge on any atom is -0.354 e. The number of halogens is 4. The summed E-state index contributed by atoms with van der Waals surface area (Å²) < 4.78 is 69.4. The second kappa shape index (κ2) is 14.1. The molecule has 42 heavy (non-hydrogen) atoms. The van der Waals surface area contributed by atoms with Gasteiger partial charge in [0.05, 0.1) is 21.2 Å². The minimum absolute atomic E-state index is 0.0263. The van der Waals surface area contributed by atoms with Gasteiger partial charge in [0.2, 0.25) is 11.8 Å². The molecular formula is C30H33ClF3N3O4S. The molecule has 0 saturated heterocycles. The summed E-state index contributed by atoms with van der Waals surface area (Å²) in [6.07, 6.45) is -3.31. The number of hydrogen-bond acceptors (Lipinski definition) is 4. The van der Waals surface area contributed by atoms with Gasteiger partial charge in [0.1, 0.15) is 12.6 Å². The van der Waals surface area contributed by atoms with E-state index in [1.165, 1.54) is 36.1 Å². The molecule has 0 radical (unpaired) electrons. The van der Waals surface area contributed by atoms with Crippen molar-refractivity contribution in [3.63, 3.8) is 0 Å².